The fraction of sp³-hybridized carbons (Fsp3) is 0.105. The van der Waals surface area contributed by atoms with Crippen molar-refractivity contribution in [3.05, 3.63) is 233 Å². The van der Waals surface area contributed by atoms with Crippen molar-refractivity contribution in [3.63, 3.8) is 0 Å². The third kappa shape index (κ3) is 8.80. The summed E-state index contributed by atoms with van der Waals surface area (Å²) in [5.41, 5.74) is -2.85. The van der Waals surface area contributed by atoms with Crippen LogP contribution in [0.25, 0.3) is 66.8 Å². The smallest absolute Gasteiger partial charge is 0.146 e. The summed E-state index contributed by atoms with van der Waals surface area (Å²) in [5, 5.41) is 0.307. The first-order valence-electron chi connectivity index (χ1n) is 27.2. The maximum Gasteiger partial charge on any atom is 0.146 e. The van der Waals surface area contributed by atoms with Crippen LogP contribution in [-0.2, 0) is 38.3 Å². The minimum atomic E-state index is -3.39. The molecule has 8 heteroatoms. The minimum absolute atomic E-state index is 0.0335. The van der Waals surface area contributed by atoms with Crippen molar-refractivity contribution in [2.45, 2.75) is 38.3 Å². The lowest BCUT2D eigenvalue weighted by atomic mass is 9.94. The monoisotopic (exact) mass is 873 g/mol. The van der Waals surface area contributed by atoms with Crippen LogP contribution in [0.5, 0.6) is 0 Å². The molecular formula is C57H41F4N3O. The van der Waals surface area contributed by atoms with Crippen LogP contribution in [0, 0.1) is 23.3 Å². The topological polar surface area (TPSA) is 51.8 Å². The molecule has 0 radical (unpaired) electrons. The largest absolute Gasteiger partial charge is 0.455 e. The van der Waals surface area contributed by atoms with Crippen molar-refractivity contribution in [1.29, 1.82) is 0 Å². The van der Waals surface area contributed by atoms with E-state index in [0.29, 0.717) is 11.1 Å². The molecule has 0 fully saturated rings. The summed E-state index contributed by atoms with van der Waals surface area (Å²) in [7, 11) is 0. The Bertz CT molecular complexity index is 3920. The van der Waals surface area contributed by atoms with E-state index in [4.69, 9.17) is 12.6 Å². The minimum Gasteiger partial charge on any atom is -0.455 e. The zero-order valence-electron chi connectivity index (χ0n) is 48.0. The number of furan rings is 1. The zero-order valence-corrected chi connectivity index (χ0v) is 34.0. The Hall–Kier alpha value is -7.71. The quantitative estimate of drug-likeness (QED) is 0.108. The van der Waals surface area contributed by atoms with Gasteiger partial charge in [0.2, 0.25) is 0 Å². The number of halogens is 4. The lowest BCUT2D eigenvalue weighted by molar-refractivity contribution is 0.606. The molecule has 0 saturated heterocycles. The van der Waals surface area contributed by atoms with Gasteiger partial charge in [0.15, 0.2) is 0 Å². The summed E-state index contributed by atoms with van der Waals surface area (Å²) in [6, 6.07) is 24.4. The standard InChI is InChI=1S/C57H41F4N3O/c58-48-26-25-46-45-17-10-18-47(56(45)65-57(46)55(48)41-15-8-3-9-16-41)54-32-51(61)44(35-64-54)24-21-38-28-36(19-22-42-33-62-52(30-49(42)59)39-11-4-1-5-12-39)27-37(29-38)20-23-43-34-63-53(31-50(43)60)40-13-6-2-7-14-40/h1-18,25-35H,19-24H2/i3D,8D,9D,15D,16D,19D2,20D2,21D2,24D2,26D. The summed E-state index contributed by atoms with van der Waals surface area (Å²) < 4.78 is 195. The van der Waals surface area contributed by atoms with Crippen LogP contribution in [0.15, 0.2) is 181 Å². The lowest BCUT2D eigenvalue weighted by Gasteiger charge is -2.12. The van der Waals surface area contributed by atoms with Crippen LogP contribution in [0.3, 0.4) is 0 Å². The highest BCUT2D eigenvalue weighted by Gasteiger charge is 2.20. The fourth-order valence-corrected chi connectivity index (χ4v) is 7.39. The molecule has 0 unspecified atom stereocenters. The number of nitrogens with zero attached hydrogens (tertiary/aromatic N) is 3. The van der Waals surface area contributed by atoms with Gasteiger partial charge in [-0.2, -0.15) is 0 Å². The Kier molecular flexibility index (Phi) is 7.88. The van der Waals surface area contributed by atoms with Crippen LogP contribution in [0.4, 0.5) is 17.6 Å². The van der Waals surface area contributed by atoms with E-state index in [-0.39, 0.29) is 55.7 Å². The van der Waals surface area contributed by atoms with E-state index >= 15 is 17.6 Å². The van der Waals surface area contributed by atoms with Crippen molar-refractivity contribution in [3.8, 4) is 44.9 Å². The second-order valence-corrected chi connectivity index (χ2v) is 14.9. The summed E-state index contributed by atoms with van der Waals surface area (Å²) in [5.74, 6) is -4.23. The summed E-state index contributed by atoms with van der Waals surface area (Å²) in [6.07, 6.45) is -10.4. The number of aryl methyl sites for hydroxylation is 6. The molecular weight excluding hydrogens is 819 g/mol. The SMILES string of the molecule is [2H]c1cc2c(oc3c(-c4cc(F)c(C([2H])([2H])C([2H])([2H])c5cc(C([2H])([2H])Cc6cnc(-c7ccccc7)cc6F)cc(C([2H])([2H])Cc6cnc(-c7ccccc7)cc6F)c5)cn4)cccc32)c(-c2c([2H])c([2H])c([2H])c([2H])c2[2H])c1F. The molecule has 0 aliphatic carbocycles. The van der Waals surface area contributed by atoms with Gasteiger partial charge in [0, 0.05) is 91.9 Å². The second-order valence-electron chi connectivity index (χ2n) is 14.9. The van der Waals surface area contributed by atoms with Gasteiger partial charge >= 0.3 is 0 Å². The Labute approximate surface area is 393 Å². The van der Waals surface area contributed by atoms with E-state index < -0.39 is 131 Å². The Morgan fingerprint density at radius 3 is 1.55 bits per heavy atom. The van der Waals surface area contributed by atoms with E-state index in [1.807, 2.05) is 0 Å². The molecule has 4 heterocycles. The normalized spacial score (nSPS) is 15.4. The van der Waals surface area contributed by atoms with E-state index in [1.54, 1.807) is 60.7 Å². The molecule has 0 N–H and O–H groups in total. The maximum atomic E-state index is 16.8. The van der Waals surface area contributed by atoms with Gasteiger partial charge in [-0.15, -0.1) is 0 Å². The zero-order chi connectivity index (χ0) is 56.7. The molecule has 4 nitrogen and oxygen atoms in total. The Morgan fingerprint density at radius 1 is 0.446 bits per heavy atom. The molecule has 0 saturated carbocycles. The predicted molar refractivity (Wildman–Crippen MR) is 250 cm³/mol. The van der Waals surface area contributed by atoms with Crippen LogP contribution in [0.2, 0.25) is 0 Å². The molecule has 6 aromatic carbocycles. The average Bonchev–Trinajstić information content (AvgIpc) is 3.92. The first-order chi connectivity index (χ1) is 37.3. The van der Waals surface area contributed by atoms with E-state index in [9.17, 15) is 11.0 Å². The van der Waals surface area contributed by atoms with Crippen molar-refractivity contribution in [2.75, 3.05) is 0 Å². The first kappa shape index (κ1) is 28.2. The summed E-state index contributed by atoms with van der Waals surface area (Å²) >= 11 is 0. The van der Waals surface area contributed by atoms with Gasteiger partial charge in [-0.05, 0) is 78.8 Å². The molecule has 0 amide bonds. The highest BCUT2D eigenvalue weighted by molar-refractivity contribution is 6.12. The molecule has 10 rings (SSSR count). The van der Waals surface area contributed by atoms with Gasteiger partial charge in [-0.25, -0.2) is 17.6 Å². The average molecular weight is 874 g/mol. The third-order valence-corrected chi connectivity index (χ3v) is 10.7. The molecule has 0 aliphatic rings. The van der Waals surface area contributed by atoms with Gasteiger partial charge in [-0.1, -0.05) is 121 Å². The first-order valence-corrected chi connectivity index (χ1v) is 20.2. The summed E-state index contributed by atoms with van der Waals surface area (Å²) in [4.78, 5) is 13.0. The van der Waals surface area contributed by atoms with Crippen molar-refractivity contribution < 1.29 is 41.2 Å². The number of aromatic nitrogens is 3. The number of hydrogen-bond donors (Lipinski definition) is 0. The number of rotatable bonds is 13. The van der Waals surface area contributed by atoms with Crippen molar-refractivity contribution >= 4 is 21.9 Å². The molecule has 0 atom stereocenters. The van der Waals surface area contributed by atoms with Gasteiger partial charge in [0.25, 0.3) is 0 Å². The van der Waals surface area contributed by atoms with E-state index in [2.05, 4.69) is 15.0 Å². The third-order valence-electron chi connectivity index (χ3n) is 10.7. The van der Waals surface area contributed by atoms with Crippen LogP contribution in [-0.4, -0.2) is 15.0 Å². The van der Waals surface area contributed by atoms with Crippen LogP contribution >= 0.6 is 0 Å². The molecule has 0 spiro atoms. The molecule has 0 aliphatic heterocycles. The van der Waals surface area contributed by atoms with Crippen molar-refractivity contribution in [2.24, 2.45) is 0 Å². The van der Waals surface area contributed by atoms with Gasteiger partial charge in [-0.3, -0.25) is 15.0 Å². The molecule has 65 heavy (non-hydrogen) atoms. The fourth-order valence-electron chi connectivity index (χ4n) is 7.39. The Balaban J connectivity index is 1.05. The second kappa shape index (κ2) is 18.2. The maximum absolute atomic E-state index is 16.8. The van der Waals surface area contributed by atoms with E-state index in [1.165, 1.54) is 18.2 Å². The Morgan fingerprint density at radius 2 is 0.969 bits per heavy atom. The molecule has 4 aromatic heterocycles. The molecule has 10 aromatic rings. The number of pyridine rings is 3. The summed E-state index contributed by atoms with van der Waals surface area (Å²) in [6.45, 7) is 0. The number of benzene rings is 6. The van der Waals surface area contributed by atoms with Crippen LogP contribution < -0.4 is 0 Å². The lowest BCUT2D eigenvalue weighted by Crippen LogP contribution is -2.03. The van der Waals surface area contributed by atoms with Gasteiger partial charge < -0.3 is 4.42 Å². The molecule has 318 valence electrons. The van der Waals surface area contributed by atoms with Gasteiger partial charge in [0.05, 0.1) is 30.9 Å². The van der Waals surface area contributed by atoms with Crippen LogP contribution in [0.1, 0.15) is 52.6 Å². The number of hydrogen-bond acceptors (Lipinski definition) is 4. The molecule has 0 bridgehead atoms. The number of fused-ring (bicyclic) bond motifs is 3. The highest BCUT2D eigenvalue weighted by atomic mass is 19.1. The van der Waals surface area contributed by atoms with E-state index in [0.717, 1.165) is 61.1 Å². The van der Waals surface area contributed by atoms with Gasteiger partial charge in [0.1, 0.15) is 34.4 Å². The highest BCUT2D eigenvalue weighted by Crippen LogP contribution is 2.41. The number of para-hydroxylation sites is 1. The van der Waals surface area contributed by atoms with Crippen molar-refractivity contribution in [1.82, 2.24) is 15.0 Å². The predicted octanol–water partition coefficient (Wildman–Crippen LogP) is 14.4.